The van der Waals surface area contributed by atoms with Gasteiger partial charge in [-0.15, -0.1) is 0 Å². The molecule has 2 aromatic carbocycles. The van der Waals surface area contributed by atoms with Gasteiger partial charge in [0.05, 0.1) is 23.8 Å². The van der Waals surface area contributed by atoms with E-state index in [0.29, 0.717) is 0 Å². The molecule has 0 radical (unpaired) electrons. The Balaban J connectivity index is 1.52. The Bertz CT molecular complexity index is 1220. The van der Waals surface area contributed by atoms with Crippen molar-refractivity contribution in [1.29, 1.82) is 0 Å². The number of hydrogen-bond donors (Lipinski definition) is 0. The van der Waals surface area contributed by atoms with Crippen molar-refractivity contribution in [2.75, 3.05) is 7.11 Å². The van der Waals surface area contributed by atoms with Gasteiger partial charge in [-0.25, -0.2) is 9.97 Å². The topological polar surface area (TPSA) is 44.4 Å². The van der Waals surface area contributed by atoms with Crippen LogP contribution in [0.15, 0.2) is 84.3 Å². The molecular weight excluding hydrogens is 368 g/mol. The van der Waals surface area contributed by atoms with Crippen LogP contribution in [-0.4, -0.2) is 26.0 Å². The summed E-state index contributed by atoms with van der Waals surface area (Å²) >= 11 is 1.69. The predicted octanol–water partition coefficient (Wildman–Crippen LogP) is 4.97. The average molecular weight is 386 g/mol. The highest BCUT2D eigenvalue weighted by molar-refractivity contribution is 7.98. The number of fused-ring (bicyclic) bond motifs is 2. The highest BCUT2D eigenvalue weighted by Gasteiger charge is 2.14. The number of imidazole rings is 2. The maximum atomic E-state index is 5.30. The zero-order chi connectivity index (χ0) is 18.9. The number of aromatic nitrogens is 4. The first-order valence-electron chi connectivity index (χ1n) is 8.99. The maximum Gasteiger partial charge on any atom is 0.174 e. The third-order valence-electron chi connectivity index (χ3n) is 4.62. The lowest BCUT2D eigenvalue weighted by atomic mass is 10.2. The van der Waals surface area contributed by atoms with E-state index in [1.54, 1.807) is 18.9 Å². The molecular formula is C22H18N4OS. The number of pyridine rings is 1. The Kier molecular flexibility index (Phi) is 4.25. The highest BCUT2D eigenvalue weighted by atomic mass is 32.2. The zero-order valence-corrected chi connectivity index (χ0v) is 16.1. The van der Waals surface area contributed by atoms with E-state index < -0.39 is 0 Å². The van der Waals surface area contributed by atoms with Crippen LogP contribution >= 0.6 is 11.8 Å². The summed E-state index contributed by atoms with van der Waals surface area (Å²) in [5.41, 5.74) is 5.12. The van der Waals surface area contributed by atoms with Crippen molar-refractivity contribution in [2.45, 2.75) is 10.9 Å². The van der Waals surface area contributed by atoms with Crippen molar-refractivity contribution in [2.24, 2.45) is 0 Å². The molecule has 28 heavy (non-hydrogen) atoms. The number of nitrogens with zero attached hydrogens (tertiary/aromatic N) is 4. The summed E-state index contributed by atoms with van der Waals surface area (Å²) in [5, 5.41) is 0.948. The van der Waals surface area contributed by atoms with E-state index >= 15 is 0 Å². The normalized spacial score (nSPS) is 11.3. The van der Waals surface area contributed by atoms with E-state index in [1.165, 1.54) is 0 Å². The van der Waals surface area contributed by atoms with Gasteiger partial charge in [-0.05, 0) is 48.5 Å². The number of hydrogen-bond acceptors (Lipinski definition) is 4. The molecule has 0 aliphatic heterocycles. The fourth-order valence-corrected chi connectivity index (χ4v) is 4.19. The molecule has 5 nitrogen and oxygen atoms in total. The molecule has 3 heterocycles. The van der Waals surface area contributed by atoms with Gasteiger partial charge in [0.25, 0.3) is 0 Å². The number of benzene rings is 2. The number of ether oxygens (including phenoxy) is 1. The van der Waals surface area contributed by atoms with Gasteiger partial charge >= 0.3 is 0 Å². The van der Waals surface area contributed by atoms with E-state index in [2.05, 4.69) is 29.0 Å². The predicted molar refractivity (Wildman–Crippen MR) is 112 cm³/mol. The fourth-order valence-electron chi connectivity index (χ4n) is 3.28. The van der Waals surface area contributed by atoms with Crippen LogP contribution in [0.4, 0.5) is 0 Å². The summed E-state index contributed by atoms with van der Waals surface area (Å²) in [5.74, 6) is 1.59. The summed E-state index contributed by atoms with van der Waals surface area (Å²) in [7, 11) is 1.68. The average Bonchev–Trinajstić information content (AvgIpc) is 3.33. The van der Waals surface area contributed by atoms with E-state index in [-0.39, 0.29) is 0 Å². The van der Waals surface area contributed by atoms with Crippen LogP contribution in [0.2, 0.25) is 0 Å². The molecule has 0 fully saturated rings. The van der Waals surface area contributed by atoms with Gasteiger partial charge in [0.2, 0.25) is 0 Å². The zero-order valence-electron chi connectivity index (χ0n) is 15.3. The first-order valence-corrected chi connectivity index (χ1v) is 9.98. The molecule has 5 aromatic rings. The minimum Gasteiger partial charge on any atom is -0.497 e. The molecule has 0 saturated carbocycles. The second-order valence-corrected chi connectivity index (χ2v) is 7.35. The Morgan fingerprint density at radius 1 is 0.929 bits per heavy atom. The van der Waals surface area contributed by atoms with Gasteiger partial charge in [0, 0.05) is 23.8 Å². The smallest absolute Gasteiger partial charge is 0.174 e. The SMILES string of the molecule is COc1ccc(-n2c(SCc3cn4ccccc4n3)nc3ccccc32)cc1. The van der Waals surface area contributed by atoms with Crippen LogP contribution in [0.25, 0.3) is 22.4 Å². The lowest BCUT2D eigenvalue weighted by Gasteiger charge is -2.09. The fraction of sp³-hybridized carbons (Fsp3) is 0.0909. The van der Waals surface area contributed by atoms with Crippen molar-refractivity contribution in [3.63, 3.8) is 0 Å². The Hall–Kier alpha value is -3.25. The molecule has 0 unspecified atom stereocenters. The van der Waals surface area contributed by atoms with Gasteiger partial charge in [-0.2, -0.15) is 0 Å². The van der Waals surface area contributed by atoms with Crippen LogP contribution in [0.5, 0.6) is 5.75 Å². The molecule has 5 rings (SSSR count). The second-order valence-electron chi connectivity index (χ2n) is 6.40. The van der Waals surface area contributed by atoms with E-state index in [0.717, 1.165) is 44.7 Å². The van der Waals surface area contributed by atoms with Crippen molar-refractivity contribution in [3.05, 3.63) is 84.8 Å². The molecule has 0 bridgehead atoms. The van der Waals surface area contributed by atoms with Gasteiger partial charge in [0.15, 0.2) is 5.16 Å². The molecule has 0 saturated heterocycles. The third-order valence-corrected chi connectivity index (χ3v) is 5.60. The highest BCUT2D eigenvalue weighted by Crippen LogP contribution is 2.30. The molecule has 138 valence electrons. The molecule has 6 heteroatoms. The number of para-hydroxylation sites is 2. The summed E-state index contributed by atoms with van der Waals surface area (Å²) < 4.78 is 9.53. The minimum absolute atomic E-state index is 0.751. The van der Waals surface area contributed by atoms with Crippen molar-refractivity contribution in [3.8, 4) is 11.4 Å². The van der Waals surface area contributed by atoms with E-state index in [9.17, 15) is 0 Å². The number of methoxy groups -OCH3 is 1. The molecule has 0 amide bonds. The van der Waals surface area contributed by atoms with Gasteiger partial charge in [-0.1, -0.05) is 30.0 Å². The number of thioether (sulfide) groups is 1. The Morgan fingerprint density at radius 3 is 2.57 bits per heavy atom. The van der Waals surface area contributed by atoms with Crippen LogP contribution in [-0.2, 0) is 5.75 Å². The summed E-state index contributed by atoms with van der Waals surface area (Å²) in [6.45, 7) is 0. The second kappa shape index (κ2) is 7.05. The molecule has 0 spiro atoms. The molecule has 0 aliphatic rings. The molecule has 0 aliphatic carbocycles. The summed E-state index contributed by atoms with van der Waals surface area (Å²) in [4.78, 5) is 9.56. The molecule has 0 atom stereocenters. The Labute approximate surface area is 166 Å². The summed E-state index contributed by atoms with van der Waals surface area (Å²) in [6.07, 6.45) is 4.09. The van der Waals surface area contributed by atoms with Crippen molar-refractivity contribution >= 4 is 28.4 Å². The monoisotopic (exact) mass is 386 g/mol. The minimum atomic E-state index is 0.751. The lowest BCUT2D eigenvalue weighted by molar-refractivity contribution is 0.414. The van der Waals surface area contributed by atoms with Crippen LogP contribution < -0.4 is 4.74 Å². The first-order chi connectivity index (χ1) is 13.8. The standard InChI is InChI=1S/C22H18N4OS/c1-27-18-11-9-17(10-12-18)26-20-7-3-2-6-19(20)24-22(26)28-15-16-14-25-13-5-4-8-21(25)23-16/h2-14H,15H2,1H3. The largest absolute Gasteiger partial charge is 0.497 e. The summed E-state index contributed by atoms with van der Waals surface area (Å²) in [6, 6.07) is 22.3. The van der Waals surface area contributed by atoms with Gasteiger partial charge in [0.1, 0.15) is 11.4 Å². The van der Waals surface area contributed by atoms with Gasteiger partial charge < -0.3 is 9.14 Å². The molecule has 0 N–H and O–H groups in total. The van der Waals surface area contributed by atoms with E-state index in [4.69, 9.17) is 14.7 Å². The maximum absolute atomic E-state index is 5.30. The quantitative estimate of drug-likeness (QED) is 0.400. The van der Waals surface area contributed by atoms with Gasteiger partial charge in [-0.3, -0.25) is 4.57 Å². The molecule has 3 aromatic heterocycles. The van der Waals surface area contributed by atoms with Crippen LogP contribution in [0.3, 0.4) is 0 Å². The Morgan fingerprint density at radius 2 is 1.75 bits per heavy atom. The number of rotatable bonds is 5. The van der Waals surface area contributed by atoms with E-state index in [1.807, 2.05) is 59.1 Å². The third kappa shape index (κ3) is 3.01. The lowest BCUT2D eigenvalue weighted by Crippen LogP contribution is -1.97. The van der Waals surface area contributed by atoms with Crippen LogP contribution in [0.1, 0.15) is 5.69 Å². The first kappa shape index (κ1) is 16.9. The van der Waals surface area contributed by atoms with Crippen molar-refractivity contribution < 1.29 is 4.74 Å². The van der Waals surface area contributed by atoms with Crippen molar-refractivity contribution in [1.82, 2.24) is 18.9 Å². The van der Waals surface area contributed by atoms with Crippen LogP contribution in [0, 0.1) is 0 Å².